The van der Waals surface area contributed by atoms with Gasteiger partial charge in [0.05, 0.1) is 11.3 Å². The summed E-state index contributed by atoms with van der Waals surface area (Å²) in [6.45, 7) is 0. The van der Waals surface area contributed by atoms with Crippen molar-refractivity contribution < 1.29 is 9.53 Å². The van der Waals surface area contributed by atoms with Crippen LogP contribution >= 0.6 is 0 Å². The van der Waals surface area contributed by atoms with E-state index in [9.17, 15) is 4.79 Å². The van der Waals surface area contributed by atoms with Crippen molar-refractivity contribution in [1.82, 2.24) is 24.8 Å². The van der Waals surface area contributed by atoms with Crippen molar-refractivity contribution in [3.8, 4) is 11.3 Å². The Morgan fingerprint density at radius 3 is 2.72 bits per heavy atom. The molecular weight excluding hydrogens is 366 g/mol. The summed E-state index contributed by atoms with van der Waals surface area (Å²) in [5.41, 5.74) is 3.93. The summed E-state index contributed by atoms with van der Waals surface area (Å²) in [6.07, 6.45) is 6.77. The summed E-state index contributed by atoms with van der Waals surface area (Å²) >= 11 is 0. The lowest BCUT2D eigenvalue weighted by Gasteiger charge is -2.35. The van der Waals surface area contributed by atoms with E-state index in [-0.39, 0.29) is 5.97 Å². The Hall–Kier alpha value is -3.48. The highest BCUT2D eigenvalue weighted by Gasteiger charge is 2.48. The number of ether oxygens (including phenoxy) is 1. The maximum absolute atomic E-state index is 12.2. The average Bonchev–Trinajstić information content (AvgIpc) is 3.41. The largest absolute Gasteiger partial charge is 0.450 e. The zero-order valence-corrected chi connectivity index (χ0v) is 15.7. The summed E-state index contributed by atoms with van der Waals surface area (Å²) in [5, 5.41) is 9.29. The smallest absolute Gasteiger partial charge is 0.339 e. The van der Waals surface area contributed by atoms with Crippen LogP contribution in [-0.2, 0) is 10.3 Å². The normalized spacial score (nSPS) is 23.4. The van der Waals surface area contributed by atoms with Gasteiger partial charge in [-0.2, -0.15) is 0 Å². The van der Waals surface area contributed by atoms with Crippen LogP contribution < -0.4 is 0 Å². The van der Waals surface area contributed by atoms with Crippen LogP contribution in [0.4, 0.5) is 0 Å². The maximum atomic E-state index is 12.2. The first kappa shape index (κ1) is 16.5. The van der Waals surface area contributed by atoms with E-state index in [0.29, 0.717) is 11.5 Å². The molecule has 1 aromatic carbocycles. The molecule has 0 saturated heterocycles. The molecule has 0 bridgehead atoms. The zero-order valence-electron chi connectivity index (χ0n) is 15.7. The Bertz CT molecular complexity index is 1190. The first-order valence-corrected chi connectivity index (χ1v) is 9.91. The van der Waals surface area contributed by atoms with E-state index in [0.717, 1.165) is 54.0 Å². The second kappa shape index (κ2) is 6.01. The van der Waals surface area contributed by atoms with Crippen LogP contribution in [-0.4, -0.2) is 30.8 Å². The Kier molecular flexibility index (Phi) is 3.41. The molecule has 2 aliphatic rings. The Balaban J connectivity index is 1.24. The van der Waals surface area contributed by atoms with Crippen molar-refractivity contribution in [3.05, 3.63) is 71.8 Å². The number of carbonyl (C=O) groups is 1. The summed E-state index contributed by atoms with van der Waals surface area (Å²) in [6, 6.07) is 13.9. The number of aromatic nitrogens is 5. The Morgan fingerprint density at radius 2 is 1.93 bits per heavy atom. The predicted molar refractivity (Wildman–Crippen MR) is 105 cm³/mol. The van der Waals surface area contributed by atoms with Crippen molar-refractivity contribution in [2.45, 2.75) is 37.2 Å². The SMILES string of the molecule is O=C1OC2(CCC(c3nn4nc(-c5ccccc5)cc4[nH]3)CC2)c2cnccc21. The molecule has 7 nitrogen and oxygen atoms in total. The number of pyridine rings is 1. The highest BCUT2D eigenvalue weighted by molar-refractivity contribution is 5.94. The molecule has 144 valence electrons. The minimum absolute atomic E-state index is 0.231. The second-order valence-corrected chi connectivity index (χ2v) is 7.86. The second-order valence-electron chi connectivity index (χ2n) is 7.86. The lowest BCUT2D eigenvalue weighted by atomic mass is 9.75. The monoisotopic (exact) mass is 385 g/mol. The van der Waals surface area contributed by atoms with E-state index < -0.39 is 5.60 Å². The maximum Gasteiger partial charge on any atom is 0.339 e. The number of nitrogens with one attached hydrogen (secondary N) is 1. The number of esters is 1. The molecule has 0 unspecified atom stereocenters. The van der Waals surface area contributed by atoms with E-state index in [1.807, 2.05) is 36.4 Å². The number of hydrogen-bond donors (Lipinski definition) is 1. The van der Waals surface area contributed by atoms with E-state index in [2.05, 4.69) is 20.2 Å². The summed E-state index contributed by atoms with van der Waals surface area (Å²) in [7, 11) is 0. The van der Waals surface area contributed by atoms with Gasteiger partial charge in [0.25, 0.3) is 0 Å². The van der Waals surface area contributed by atoms with Crippen LogP contribution in [0.3, 0.4) is 0 Å². The van der Waals surface area contributed by atoms with E-state index in [4.69, 9.17) is 4.74 Å². The highest BCUT2D eigenvalue weighted by atomic mass is 16.6. The Morgan fingerprint density at radius 1 is 1.10 bits per heavy atom. The van der Waals surface area contributed by atoms with Crippen LogP contribution in [0.2, 0.25) is 0 Å². The predicted octanol–water partition coefficient (Wildman–Crippen LogP) is 3.84. The number of hydrogen-bond acceptors (Lipinski definition) is 5. The molecule has 1 aliphatic heterocycles. The number of rotatable bonds is 2. The van der Waals surface area contributed by atoms with E-state index in [1.165, 1.54) is 0 Å². The number of aromatic amines is 1. The van der Waals surface area contributed by atoms with Crippen LogP contribution in [0.1, 0.15) is 53.3 Å². The minimum atomic E-state index is -0.523. The number of nitrogens with zero attached hydrogens (tertiary/aromatic N) is 4. The third-order valence-electron chi connectivity index (χ3n) is 6.22. The first-order chi connectivity index (χ1) is 14.2. The van der Waals surface area contributed by atoms with Gasteiger partial charge in [-0.05, 0) is 31.7 Å². The molecular formula is C22H19N5O2. The molecule has 6 rings (SSSR count). The van der Waals surface area contributed by atoms with Gasteiger partial charge in [0.1, 0.15) is 11.4 Å². The van der Waals surface area contributed by atoms with Crippen molar-refractivity contribution in [2.24, 2.45) is 0 Å². The van der Waals surface area contributed by atoms with Gasteiger partial charge < -0.3 is 9.72 Å². The molecule has 3 aromatic heterocycles. The first-order valence-electron chi connectivity index (χ1n) is 9.91. The van der Waals surface area contributed by atoms with Crippen molar-refractivity contribution >= 4 is 11.6 Å². The fraction of sp³-hybridized carbons (Fsp3) is 0.273. The number of carbonyl (C=O) groups excluding carboxylic acids is 1. The fourth-order valence-electron chi connectivity index (χ4n) is 4.68. The molecule has 4 heterocycles. The standard InChI is InChI=1S/C22H19N5O2/c28-21-16-8-11-23-13-17(16)22(29-21)9-6-15(7-10-22)20-24-19-12-18(25-27(19)26-20)14-4-2-1-3-5-14/h1-5,8,11-13,15H,6-7,9-10H2,(H,24,26). The number of fused-ring (bicyclic) bond motifs is 3. The third kappa shape index (κ3) is 2.50. The molecule has 1 fully saturated rings. The molecule has 7 heteroatoms. The summed E-state index contributed by atoms with van der Waals surface area (Å²) in [4.78, 5) is 19.9. The third-order valence-corrected chi connectivity index (χ3v) is 6.22. The van der Waals surface area contributed by atoms with Gasteiger partial charge in [0.15, 0.2) is 5.65 Å². The van der Waals surface area contributed by atoms with Gasteiger partial charge in [0, 0.05) is 35.5 Å². The van der Waals surface area contributed by atoms with E-state index in [1.54, 1.807) is 23.1 Å². The lowest BCUT2D eigenvalue weighted by Crippen LogP contribution is -2.31. The van der Waals surface area contributed by atoms with Crippen LogP contribution in [0.25, 0.3) is 16.9 Å². The molecule has 29 heavy (non-hydrogen) atoms. The topological polar surface area (TPSA) is 85.2 Å². The van der Waals surface area contributed by atoms with E-state index >= 15 is 0 Å². The number of benzene rings is 1. The van der Waals surface area contributed by atoms with Gasteiger partial charge in [-0.1, -0.05) is 30.3 Å². The molecule has 4 aromatic rings. The zero-order chi connectivity index (χ0) is 19.4. The van der Waals surface area contributed by atoms with Crippen LogP contribution in [0.5, 0.6) is 0 Å². The average molecular weight is 385 g/mol. The quantitative estimate of drug-likeness (QED) is 0.530. The van der Waals surface area contributed by atoms with Crippen molar-refractivity contribution in [3.63, 3.8) is 0 Å². The minimum Gasteiger partial charge on any atom is -0.450 e. The van der Waals surface area contributed by atoms with Crippen molar-refractivity contribution in [2.75, 3.05) is 0 Å². The molecule has 0 radical (unpaired) electrons. The summed E-state index contributed by atoms with van der Waals surface area (Å²) < 4.78 is 7.50. The molecule has 1 spiro atoms. The van der Waals surface area contributed by atoms with Gasteiger partial charge in [0.2, 0.25) is 0 Å². The fourth-order valence-corrected chi connectivity index (χ4v) is 4.68. The molecule has 0 amide bonds. The summed E-state index contributed by atoms with van der Waals surface area (Å²) in [5.74, 6) is 1.00. The molecule has 1 N–H and O–H groups in total. The van der Waals surface area contributed by atoms with Gasteiger partial charge >= 0.3 is 5.97 Å². The molecule has 1 aliphatic carbocycles. The van der Waals surface area contributed by atoms with Crippen LogP contribution in [0, 0.1) is 0 Å². The van der Waals surface area contributed by atoms with Crippen molar-refractivity contribution in [1.29, 1.82) is 0 Å². The van der Waals surface area contributed by atoms with Gasteiger partial charge in [-0.3, -0.25) is 4.98 Å². The van der Waals surface area contributed by atoms with Gasteiger partial charge in [-0.15, -0.1) is 14.8 Å². The number of H-pyrrole nitrogens is 1. The highest BCUT2D eigenvalue weighted by Crippen LogP contribution is 2.49. The Labute approximate surface area is 166 Å². The lowest BCUT2D eigenvalue weighted by molar-refractivity contribution is -0.0313. The van der Waals surface area contributed by atoms with Gasteiger partial charge in [-0.25, -0.2) is 4.79 Å². The van der Waals surface area contributed by atoms with Crippen LogP contribution in [0.15, 0.2) is 54.9 Å². The molecule has 0 atom stereocenters. The molecule has 1 saturated carbocycles.